The summed E-state index contributed by atoms with van der Waals surface area (Å²) in [6.45, 7) is 3.09. The van der Waals surface area contributed by atoms with E-state index >= 15 is 0 Å². The van der Waals surface area contributed by atoms with E-state index in [1.165, 1.54) is 11.3 Å². The monoisotopic (exact) mass is 347 g/mol. The number of aromatic nitrogens is 1. The molecule has 2 aromatic rings. The van der Waals surface area contributed by atoms with Crippen LogP contribution in [-0.2, 0) is 0 Å². The maximum atomic E-state index is 12.1. The van der Waals surface area contributed by atoms with Crippen LogP contribution in [0.25, 0.3) is 11.3 Å². The summed E-state index contributed by atoms with van der Waals surface area (Å²) in [4.78, 5) is 17.3. The molecule has 0 spiro atoms. The number of nitrogens with two attached hydrogens (primary N) is 1. The molecule has 1 amide bonds. The number of hydrogen-bond donors (Lipinski definition) is 2. The zero-order chi connectivity index (χ0) is 13.7. The summed E-state index contributed by atoms with van der Waals surface area (Å²) in [6, 6.07) is 9.76. The van der Waals surface area contributed by atoms with Gasteiger partial charge in [-0.2, -0.15) is 0 Å². The Kier molecular flexibility index (Phi) is 9.21. The first kappa shape index (κ1) is 19.9. The van der Waals surface area contributed by atoms with Crippen molar-refractivity contribution in [2.45, 2.75) is 13.3 Å². The van der Waals surface area contributed by atoms with E-state index in [9.17, 15) is 4.79 Å². The molecule has 0 saturated carbocycles. The molecule has 21 heavy (non-hydrogen) atoms. The number of nitrogens with one attached hydrogen (secondary N) is 1. The number of carbonyl (C=O) groups excluding carboxylic acids is 1. The molecule has 1 aromatic carbocycles. The molecule has 0 saturated heterocycles. The number of nitrogens with zero attached hydrogens (tertiary/aromatic N) is 1. The van der Waals surface area contributed by atoms with Gasteiger partial charge in [0, 0.05) is 12.1 Å². The Balaban J connectivity index is 0.00000200. The topological polar surface area (TPSA) is 68.0 Å². The van der Waals surface area contributed by atoms with Crippen LogP contribution >= 0.6 is 36.2 Å². The second kappa shape index (κ2) is 9.73. The van der Waals surface area contributed by atoms with Gasteiger partial charge in [0.15, 0.2) is 0 Å². The lowest BCUT2D eigenvalue weighted by Crippen LogP contribution is -2.25. The number of benzene rings is 1. The van der Waals surface area contributed by atoms with Gasteiger partial charge < -0.3 is 11.1 Å². The van der Waals surface area contributed by atoms with Crippen LogP contribution in [0.2, 0.25) is 0 Å². The zero-order valence-corrected chi connectivity index (χ0v) is 14.1. The first-order valence-corrected chi connectivity index (χ1v) is 7.05. The Labute approximate surface area is 141 Å². The SMILES string of the molecule is Cc1nc(-c2ccccc2)c(C(=O)NCCCN)s1.Cl.Cl. The molecule has 3 N–H and O–H groups in total. The lowest BCUT2D eigenvalue weighted by Gasteiger charge is -2.04. The van der Waals surface area contributed by atoms with E-state index in [0.717, 1.165) is 22.7 Å². The average Bonchev–Trinajstić information content (AvgIpc) is 2.82. The van der Waals surface area contributed by atoms with Crippen molar-refractivity contribution in [1.82, 2.24) is 10.3 Å². The van der Waals surface area contributed by atoms with E-state index in [4.69, 9.17) is 5.73 Å². The van der Waals surface area contributed by atoms with Crippen molar-refractivity contribution in [3.05, 3.63) is 40.2 Å². The van der Waals surface area contributed by atoms with Gasteiger partial charge in [0.2, 0.25) is 0 Å². The third-order valence-corrected chi connectivity index (χ3v) is 3.62. The Morgan fingerprint density at radius 1 is 1.29 bits per heavy atom. The van der Waals surface area contributed by atoms with Gasteiger partial charge in [-0.1, -0.05) is 30.3 Å². The average molecular weight is 348 g/mol. The van der Waals surface area contributed by atoms with Crippen LogP contribution in [-0.4, -0.2) is 24.0 Å². The summed E-state index contributed by atoms with van der Waals surface area (Å²) >= 11 is 1.42. The smallest absolute Gasteiger partial charge is 0.263 e. The van der Waals surface area contributed by atoms with Gasteiger partial charge in [0.05, 0.1) is 10.7 Å². The summed E-state index contributed by atoms with van der Waals surface area (Å²) in [6.07, 6.45) is 0.782. The number of aryl methyl sites for hydroxylation is 1. The quantitative estimate of drug-likeness (QED) is 0.816. The van der Waals surface area contributed by atoms with Crippen molar-refractivity contribution in [1.29, 1.82) is 0 Å². The molecule has 1 aromatic heterocycles. The molecule has 0 radical (unpaired) electrons. The maximum Gasteiger partial charge on any atom is 0.263 e. The molecular weight excluding hydrogens is 329 g/mol. The van der Waals surface area contributed by atoms with Gasteiger partial charge in [0.1, 0.15) is 4.88 Å². The number of amides is 1. The highest BCUT2D eigenvalue weighted by atomic mass is 35.5. The van der Waals surface area contributed by atoms with Crippen molar-refractivity contribution in [3.63, 3.8) is 0 Å². The third kappa shape index (κ3) is 5.28. The van der Waals surface area contributed by atoms with E-state index in [1.807, 2.05) is 37.3 Å². The molecule has 2 rings (SSSR count). The fraction of sp³-hybridized carbons (Fsp3) is 0.286. The Morgan fingerprint density at radius 3 is 2.57 bits per heavy atom. The number of carbonyl (C=O) groups is 1. The van der Waals surface area contributed by atoms with Crippen molar-refractivity contribution in [2.24, 2.45) is 5.73 Å². The van der Waals surface area contributed by atoms with Crippen LogP contribution in [0.1, 0.15) is 21.1 Å². The Hall–Kier alpha value is -1.14. The van der Waals surface area contributed by atoms with E-state index in [2.05, 4.69) is 10.3 Å². The number of rotatable bonds is 5. The van der Waals surface area contributed by atoms with Crippen LogP contribution in [0.4, 0.5) is 0 Å². The van der Waals surface area contributed by atoms with Crippen LogP contribution in [0, 0.1) is 6.92 Å². The highest BCUT2D eigenvalue weighted by molar-refractivity contribution is 7.14. The maximum absolute atomic E-state index is 12.1. The number of thiazole rings is 1. The highest BCUT2D eigenvalue weighted by Crippen LogP contribution is 2.27. The molecule has 0 aliphatic rings. The summed E-state index contributed by atoms with van der Waals surface area (Å²) in [5, 5.41) is 3.77. The number of hydrogen-bond acceptors (Lipinski definition) is 4. The van der Waals surface area contributed by atoms with Crippen molar-refractivity contribution in [3.8, 4) is 11.3 Å². The largest absolute Gasteiger partial charge is 0.351 e. The van der Waals surface area contributed by atoms with Crippen LogP contribution < -0.4 is 11.1 Å². The summed E-state index contributed by atoms with van der Waals surface area (Å²) in [5.74, 6) is -0.0714. The van der Waals surface area contributed by atoms with Crippen LogP contribution in [0.5, 0.6) is 0 Å². The van der Waals surface area contributed by atoms with Crippen LogP contribution in [0.15, 0.2) is 30.3 Å². The molecular formula is C14H19Cl2N3OS. The summed E-state index contributed by atoms with van der Waals surface area (Å²) in [7, 11) is 0. The minimum absolute atomic E-state index is 0. The van der Waals surface area contributed by atoms with Gasteiger partial charge in [-0.3, -0.25) is 4.79 Å². The molecule has 4 nitrogen and oxygen atoms in total. The summed E-state index contributed by atoms with van der Waals surface area (Å²) in [5.41, 5.74) is 7.14. The molecule has 0 fully saturated rings. The molecule has 0 aliphatic carbocycles. The molecule has 0 unspecified atom stereocenters. The van der Waals surface area contributed by atoms with Crippen molar-refractivity contribution in [2.75, 3.05) is 13.1 Å². The second-order valence-electron chi connectivity index (χ2n) is 4.17. The van der Waals surface area contributed by atoms with Gasteiger partial charge in [-0.25, -0.2) is 4.98 Å². The fourth-order valence-corrected chi connectivity index (χ4v) is 2.61. The van der Waals surface area contributed by atoms with E-state index in [0.29, 0.717) is 18.0 Å². The lowest BCUT2D eigenvalue weighted by atomic mass is 10.1. The van der Waals surface area contributed by atoms with Gasteiger partial charge in [-0.05, 0) is 19.9 Å². The molecule has 0 atom stereocenters. The van der Waals surface area contributed by atoms with Gasteiger partial charge >= 0.3 is 0 Å². The molecule has 0 aliphatic heterocycles. The van der Waals surface area contributed by atoms with E-state index in [-0.39, 0.29) is 30.7 Å². The van der Waals surface area contributed by atoms with E-state index < -0.39 is 0 Å². The fourth-order valence-electron chi connectivity index (χ4n) is 1.76. The Morgan fingerprint density at radius 2 is 1.95 bits per heavy atom. The van der Waals surface area contributed by atoms with Gasteiger partial charge in [0.25, 0.3) is 5.91 Å². The molecule has 0 bridgehead atoms. The third-order valence-electron chi connectivity index (χ3n) is 2.65. The highest BCUT2D eigenvalue weighted by Gasteiger charge is 2.17. The zero-order valence-electron chi connectivity index (χ0n) is 11.7. The Bertz CT molecular complexity index is 561. The number of halogens is 2. The second-order valence-corrected chi connectivity index (χ2v) is 5.38. The minimum atomic E-state index is -0.0714. The van der Waals surface area contributed by atoms with Crippen LogP contribution in [0.3, 0.4) is 0 Å². The van der Waals surface area contributed by atoms with Crippen molar-refractivity contribution < 1.29 is 4.79 Å². The molecule has 7 heteroatoms. The van der Waals surface area contributed by atoms with Gasteiger partial charge in [-0.15, -0.1) is 36.2 Å². The van der Waals surface area contributed by atoms with E-state index in [1.54, 1.807) is 0 Å². The predicted molar refractivity (Wildman–Crippen MR) is 92.8 cm³/mol. The normalized spacial score (nSPS) is 9.43. The summed E-state index contributed by atoms with van der Waals surface area (Å²) < 4.78 is 0. The van der Waals surface area contributed by atoms with Crippen molar-refractivity contribution >= 4 is 42.1 Å². The molecule has 116 valence electrons. The standard InChI is InChI=1S/C14H17N3OS.2ClH/c1-10-17-12(11-6-3-2-4-7-11)13(19-10)14(18)16-9-5-8-15;;/h2-4,6-7H,5,8-9,15H2,1H3,(H,16,18);2*1H. The molecule has 1 heterocycles. The lowest BCUT2D eigenvalue weighted by molar-refractivity contribution is 0.0958. The first-order chi connectivity index (χ1) is 9.22. The first-order valence-electron chi connectivity index (χ1n) is 6.23. The predicted octanol–water partition coefficient (Wildman–Crippen LogP) is 3.04. The minimum Gasteiger partial charge on any atom is -0.351 e.